The van der Waals surface area contributed by atoms with Crippen molar-refractivity contribution in [1.29, 1.82) is 0 Å². The highest BCUT2D eigenvalue weighted by Crippen LogP contribution is 2.37. The van der Waals surface area contributed by atoms with Crippen molar-refractivity contribution in [2.45, 2.75) is 5.04 Å². The summed E-state index contributed by atoms with van der Waals surface area (Å²) in [5.41, 5.74) is 6.37. The summed E-state index contributed by atoms with van der Waals surface area (Å²) in [6.45, 7) is 0. The maximum Gasteiger partial charge on any atom is 0.0645 e. The largest absolute Gasteiger partial charge is 0.241 e. The molecule has 0 fully saturated rings. The molecule has 7 heteroatoms. The molecule has 0 N–H and O–H groups in total. The lowest BCUT2D eigenvalue weighted by Gasteiger charge is -2.32. The van der Waals surface area contributed by atoms with Gasteiger partial charge < -0.3 is 0 Å². The van der Waals surface area contributed by atoms with E-state index < -0.39 is 5.04 Å². The molecule has 0 amide bonds. The molecule has 3 radical (unpaired) electrons. The fraction of sp³-hybridized carbons (Fsp3) is 0.0357. The van der Waals surface area contributed by atoms with Crippen molar-refractivity contribution in [2.24, 2.45) is 0 Å². The molecule has 35 heavy (non-hydrogen) atoms. The Bertz CT molecular complexity index is 1310. The summed E-state index contributed by atoms with van der Waals surface area (Å²) in [6.07, 6.45) is 11.2. The predicted octanol–water partition coefficient (Wildman–Crippen LogP) is 4.70. The topological polar surface area (TPSA) is 53.5 Å². The zero-order valence-electron chi connectivity index (χ0n) is 18.8. The first-order valence-corrected chi connectivity index (χ1v) is 11.8. The molecular weight excluding hydrogens is 448 g/mol. The Labute approximate surface area is 206 Å². The molecule has 167 valence electrons. The second-order valence-corrected chi connectivity index (χ2v) is 8.99. The van der Waals surface area contributed by atoms with Crippen LogP contribution in [-0.4, -0.2) is 39.6 Å². The molecule has 6 aromatic rings. The maximum atomic E-state index is 4.35. The Hall–Kier alpha value is -4.49. The van der Waals surface area contributed by atoms with Gasteiger partial charge in [-0.3, -0.25) is 0 Å². The average molecular weight is 470 g/mol. The average Bonchev–Trinajstić information content (AvgIpc) is 3.73. The second-order valence-electron chi connectivity index (χ2n) is 8.24. The van der Waals surface area contributed by atoms with Crippen LogP contribution in [0.3, 0.4) is 0 Å². The Balaban J connectivity index is 1.44. The van der Waals surface area contributed by atoms with Gasteiger partial charge in [0.05, 0.1) is 27.3 Å². The van der Waals surface area contributed by atoms with Gasteiger partial charge in [0.2, 0.25) is 0 Å². The number of rotatable bonds is 6. The van der Waals surface area contributed by atoms with E-state index >= 15 is 0 Å². The molecule has 0 bridgehead atoms. The van der Waals surface area contributed by atoms with Crippen molar-refractivity contribution in [3.8, 4) is 17.1 Å². The van der Waals surface area contributed by atoms with Gasteiger partial charge in [0.15, 0.2) is 0 Å². The molecular formula is C28H21N6Si. The van der Waals surface area contributed by atoms with E-state index in [1.165, 1.54) is 0 Å². The van der Waals surface area contributed by atoms with Crippen LogP contribution in [0.5, 0.6) is 0 Å². The lowest BCUT2D eigenvalue weighted by Crippen LogP contribution is -2.30. The third-order valence-electron chi connectivity index (χ3n) is 6.21. The lowest BCUT2D eigenvalue weighted by molar-refractivity contribution is 0.847. The fourth-order valence-electron chi connectivity index (χ4n) is 4.36. The Morgan fingerprint density at radius 1 is 0.457 bits per heavy atom. The van der Waals surface area contributed by atoms with Crippen molar-refractivity contribution >= 4 is 10.2 Å². The zero-order chi connectivity index (χ0) is 23.7. The van der Waals surface area contributed by atoms with Crippen LogP contribution in [0.15, 0.2) is 128 Å². The molecule has 6 rings (SSSR count). The van der Waals surface area contributed by atoms with Gasteiger partial charge >= 0.3 is 0 Å². The van der Waals surface area contributed by atoms with Gasteiger partial charge in [0, 0.05) is 42.2 Å². The minimum absolute atomic E-state index is 0.562. The molecule has 3 heterocycles. The lowest BCUT2D eigenvalue weighted by atomic mass is 9.83. The highest BCUT2D eigenvalue weighted by Gasteiger charge is 2.31. The number of hydrogen-bond donors (Lipinski definition) is 0. The van der Waals surface area contributed by atoms with Crippen molar-refractivity contribution in [3.05, 3.63) is 145 Å². The number of benzene rings is 3. The van der Waals surface area contributed by atoms with Crippen LogP contribution in [0, 0.1) is 0 Å². The molecule has 3 aromatic carbocycles. The van der Waals surface area contributed by atoms with Crippen LogP contribution in [0.25, 0.3) is 17.1 Å². The van der Waals surface area contributed by atoms with Gasteiger partial charge in [0.25, 0.3) is 0 Å². The van der Waals surface area contributed by atoms with Crippen LogP contribution in [0.1, 0.15) is 16.7 Å². The summed E-state index contributed by atoms with van der Waals surface area (Å²) in [4.78, 5) is 0. The van der Waals surface area contributed by atoms with Crippen molar-refractivity contribution in [2.75, 3.05) is 0 Å². The number of aromatic nitrogens is 6. The molecule has 0 spiro atoms. The summed E-state index contributed by atoms with van der Waals surface area (Å²) >= 11 is 0. The highest BCUT2D eigenvalue weighted by atomic mass is 28.1. The van der Waals surface area contributed by atoms with Crippen LogP contribution < -0.4 is 0 Å². The van der Waals surface area contributed by atoms with Gasteiger partial charge in [0.1, 0.15) is 0 Å². The van der Waals surface area contributed by atoms with Gasteiger partial charge in [-0.15, -0.1) is 0 Å². The quantitative estimate of drug-likeness (QED) is 0.262. The molecule has 0 unspecified atom stereocenters. The first-order valence-electron chi connectivity index (χ1n) is 11.3. The summed E-state index contributed by atoms with van der Waals surface area (Å²) in [7, 11) is 4.23. The van der Waals surface area contributed by atoms with Crippen LogP contribution in [0.2, 0.25) is 0 Å². The van der Waals surface area contributed by atoms with Gasteiger partial charge in [-0.2, -0.15) is 15.3 Å². The molecule has 0 atom stereocenters. The minimum atomic E-state index is -0.562. The van der Waals surface area contributed by atoms with E-state index in [0.717, 1.165) is 33.8 Å². The number of nitrogens with zero attached hydrogens (tertiary/aromatic N) is 6. The Kier molecular flexibility index (Phi) is 5.24. The Morgan fingerprint density at radius 2 is 0.743 bits per heavy atom. The third-order valence-corrected chi connectivity index (χ3v) is 7.07. The molecule has 0 aliphatic carbocycles. The molecule has 6 nitrogen and oxygen atoms in total. The highest BCUT2D eigenvalue weighted by molar-refractivity contribution is 6.20. The molecule has 3 aromatic heterocycles. The smallest absolute Gasteiger partial charge is 0.0645 e. The predicted molar refractivity (Wildman–Crippen MR) is 136 cm³/mol. The van der Waals surface area contributed by atoms with Crippen molar-refractivity contribution in [3.63, 3.8) is 0 Å². The maximum absolute atomic E-state index is 4.35. The normalized spacial score (nSPS) is 11.6. The monoisotopic (exact) mass is 469 g/mol. The van der Waals surface area contributed by atoms with E-state index in [1.54, 1.807) is 18.6 Å². The van der Waals surface area contributed by atoms with Crippen LogP contribution in [0.4, 0.5) is 0 Å². The SMILES string of the molecule is [Si]C(c1ccc(-n2cccn2)cc1)(c1ccc(-n2cccn2)cc1)c1ccc(-n2cccn2)cc1. The van der Waals surface area contributed by atoms with Crippen molar-refractivity contribution < 1.29 is 0 Å². The summed E-state index contributed by atoms with van der Waals surface area (Å²) in [6, 6.07) is 31.2. The van der Waals surface area contributed by atoms with Gasteiger partial charge in [-0.05, 0) is 71.3 Å². The first kappa shape index (κ1) is 21.1. The van der Waals surface area contributed by atoms with E-state index in [-0.39, 0.29) is 0 Å². The zero-order valence-corrected chi connectivity index (χ0v) is 19.8. The van der Waals surface area contributed by atoms with Gasteiger partial charge in [-0.1, -0.05) is 36.4 Å². The standard InChI is InChI=1S/C28H21N6Si/c35-28(22-4-10-25(11-5-22)32-19-1-16-29-32,23-6-12-26(13-7-23)33-20-2-17-30-33)24-8-14-27(15-9-24)34-21-3-18-31-34/h1-21H. The molecule has 0 aliphatic heterocycles. The third kappa shape index (κ3) is 3.81. The molecule has 0 saturated carbocycles. The van der Waals surface area contributed by atoms with Gasteiger partial charge in [-0.25, -0.2) is 14.0 Å². The summed E-state index contributed by atoms with van der Waals surface area (Å²) in [5.74, 6) is 0. The fourth-order valence-corrected chi connectivity index (χ4v) is 4.86. The molecule has 0 saturated heterocycles. The minimum Gasteiger partial charge on any atom is -0.241 e. The van der Waals surface area contributed by atoms with E-state index in [9.17, 15) is 0 Å². The van der Waals surface area contributed by atoms with E-state index in [0.29, 0.717) is 0 Å². The van der Waals surface area contributed by atoms with E-state index in [1.807, 2.05) is 50.8 Å². The summed E-state index contributed by atoms with van der Waals surface area (Å²) in [5, 5.41) is 12.5. The van der Waals surface area contributed by atoms with Crippen LogP contribution in [-0.2, 0) is 5.04 Å². The number of hydrogen-bond acceptors (Lipinski definition) is 3. The Morgan fingerprint density at radius 3 is 0.971 bits per heavy atom. The molecule has 0 aliphatic rings. The van der Waals surface area contributed by atoms with Crippen LogP contribution >= 0.6 is 0 Å². The van der Waals surface area contributed by atoms with Crippen molar-refractivity contribution in [1.82, 2.24) is 29.3 Å². The second kappa shape index (κ2) is 8.70. The van der Waals surface area contributed by atoms with E-state index in [4.69, 9.17) is 0 Å². The summed E-state index contributed by atoms with van der Waals surface area (Å²) < 4.78 is 5.57. The van der Waals surface area contributed by atoms with E-state index in [2.05, 4.69) is 98.3 Å². The first-order chi connectivity index (χ1) is 17.2.